The van der Waals surface area contributed by atoms with E-state index in [1.165, 1.54) is 5.56 Å². The number of amides is 1. The summed E-state index contributed by atoms with van der Waals surface area (Å²) in [6.07, 6.45) is 1.04. The van der Waals surface area contributed by atoms with Crippen molar-refractivity contribution in [3.63, 3.8) is 0 Å². The molecule has 4 rings (SSSR count). The number of rotatable bonds is 5. The smallest absolute Gasteiger partial charge is 0.289 e. The van der Waals surface area contributed by atoms with E-state index in [-0.39, 0.29) is 23.8 Å². The van der Waals surface area contributed by atoms with E-state index in [0.29, 0.717) is 31.8 Å². The minimum absolute atomic E-state index is 0.0726. The number of nitrogens with zero attached hydrogens (tertiary/aromatic N) is 2. The molecule has 2 atom stereocenters. The zero-order valence-corrected chi connectivity index (χ0v) is 22.6. The van der Waals surface area contributed by atoms with Gasteiger partial charge in [-0.2, -0.15) is 5.10 Å². The van der Waals surface area contributed by atoms with Crippen LogP contribution < -0.4 is 19.6 Å². The van der Waals surface area contributed by atoms with Gasteiger partial charge in [0, 0.05) is 5.56 Å². The van der Waals surface area contributed by atoms with E-state index < -0.39 is 12.0 Å². The number of oxime groups is 1. The Balaban J connectivity index is 1.47. The van der Waals surface area contributed by atoms with Crippen LogP contribution in [0.2, 0.25) is 0 Å². The predicted octanol–water partition coefficient (Wildman–Crippen LogP) is 5.46. The van der Waals surface area contributed by atoms with E-state index in [0.717, 1.165) is 5.56 Å². The molecule has 1 N–H and O–H groups in total. The van der Waals surface area contributed by atoms with Gasteiger partial charge in [-0.1, -0.05) is 57.1 Å². The maximum Gasteiger partial charge on any atom is 0.289 e. The van der Waals surface area contributed by atoms with Crippen molar-refractivity contribution in [2.45, 2.75) is 39.2 Å². The molecule has 0 saturated heterocycles. The number of hydrogen-bond donors (Lipinski definition) is 1. The van der Waals surface area contributed by atoms with E-state index in [1.54, 1.807) is 13.3 Å². The number of carbonyl (C=O) groups is 1. The molecule has 8 nitrogen and oxygen atoms in total. The van der Waals surface area contributed by atoms with Gasteiger partial charge >= 0.3 is 0 Å². The SMILES string of the molecule is COc1c(Br)c(C2ON=C(C(=O)NN=Cc3ccc(C(C)(C)C)cc3)C2C)c(Br)c2c1OCO2. The molecule has 0 bridgehead atoms. The van der Waals surface area contributed by atoms with E-state index >= 15 is 0 Å². The van der Waals surface area contributed by atoms with Crippen LogP contribution in [-0.4, -0.2) is 31.7 Å². The molecule has 2 aromatic rings. The molecular formula is C24H25Br2N3O5. The first-order chi connectivity index (χ1) is 16.1. The first kappa shape index (κ1) is 24.5. The number of ether oxygens (including phenoxy) is 3. The first-order valence-electron chi connectivity index (χ1n) is 10.7. The van der Waals surface area contributed by atoms with Gasteiger partial charge in [-0.25, -0.2) is 5.43 Å². The molecule has 1 amide bonds. The molecule has 10 heteroatoms. The minimum atomic E-state index is -0.554. The van der Waals surface area contributed by atoms with Crippen LogP contribution in [0, 0.1) is 5.92 Å². The fourth-order valence-electron chi connectivity index (χ4n) is 3.76. The van der Waals surface area contributed by atoms with Gasteiger partial charge < -0.3 is 19.0 Å². The van der Waals surface area contributed by atoms with Crippen LogP contribution in [-0.2, 0) is 15.0 Å². The molecule has 0 aliphatic carbocycles. The lowest BCUT2D eigenvalue weighted by molar-refractivity contribution is -0.115. The van der Waals surface area contributed by atoms with Crippen LogP contribution in [0.25, 0.3) is 0 Å². The highest BCUT2D eigenvalue weighted by molar-refractivity contribution is 9.11. The Morgan fingerprint density at radius 1 is 1.18 bits per heavy atom. The molecule has 2 aliphatic rings. The Morgan fingerprint density at radius 2 is 1.85 bits per heavy atom. The van der Waals surface area contributed by atoms with Crippen LogP contribution in [0.15, 0.2) is 43.5 Å². The second-order valence-electron chi connectivity index (χ2n) is 9.00. The fraction of sp³-hybridized carbons (Fsp3) is 0.375. The number of carbonyl (C=O) groups excluding carboxylic acids is 1. The molecule has 0 spiro atoms. The van der Waals surface area contributed by atoms with Crippen molar-refractivity contribution in [2.75, 3.05) is 13.9 Å². The van der Waals surface area contributed by atoms with Gasteiger partial charge in [0.1, 0.15) is 0 Å². The van der Waals surface area contributed by atoms with E-state index in [2.05, 4.69) is 80.4 Å². The van der Waals surface area contributed by atoms with Gasteiger partial charge in [-0.15, -0.1) is 0 Å². The highest BCUT2D eigenvalue weighted by atomic mass is 79.9. The maximum absolute atomic E-state index is 12.8. The van der Waals surface area contributed by atoms with Crippen molar-refractivity contribution in [3.8, 4) is 17.2 Å². The Morgan fingerprint density at radius 3 is 2.50 bits per heavy atom. The average molecular weight is 595 g/mol. The van der Waals surface area contributed by atoms with Crippen molar-refractivity contribution in [2.24, 2.45) is 16.2 Å². The number of hydrazone groups is 1. The standard InChI is InChI=1S/C24H25Br2N3O5/c1-12-18(23(30)28-27-10-13-6-8-14(9-7-13)24(2,3)4)29-34-19(12)15-16(25)20(31-5)22-21(17(15)26)32-11-33-22/h6-10,12,19H,11H2,1-5H3,(H,28,30). The summed E-state index contributed by atoms with van der Waals surface area (Å²) in [4.78, 5) is 18.4. The Hall–Kier alpha value is -2.59. The number of benzene rings is 2. The maximum atomic E-state index is 12.8. The lowest BCUT2D eigenvalue weighted by Crippen LogP contribution is -2.31. The minimum Gasteiger partial charge on any atom is -0.492 e. The number of hydrogen-bond acceptors (Lipinski definition) is 7. The van der Waals surface area contributed by atoms with Crippen molar-refractivity contribution in [1.29, 1.82) is 0 Å². The molecule has 0 fully saturated rings. The lowest BCUT2D eigenvalue weighted by atomic mass is 9.87. The third-order valence-electron chi connectivity index (χ3n) is 5.72. The van der Waals surface area contributed by atoms with Crippen LogP contribution >= 0.6 is 31.9 Å². The molecule has 0 radical (unpaired) electrons. The largest absolute Gasteiger partial charge is 0.492 e. The van der Waals surface area contributed by atoms with Crippen LogP contribution in [0.4, 0.5) is 0 Å². The molecule has 2 aliphatic heterocycles. The summed E-state index contributed by atoms with van der Waals surface area (Å²) < 4.78 is 17.9. The topological polar surface area (TPSA) is 90.7 Å². The zero-order chi connectivity index (χ0) is 24.6. The Labute approximate surface area is 214 Å². The quantitative estimate of drug-likeness (QED) is 0.367. The normalized spacial score (nSPS) is 19.2. The van der Waals surface area contributed by atoms with Crippen molar-refractivity contribution >= 4 is 49.7 Å². The van der Waals surface area contributed by atoms with Crippen LogP contribution in [0.5, 0.6) is 17.2 Å². The Bertz CT molecular complexity index is 1170. The summed E-state index contributed by atoms with van der Waals surface area (Å²) in [6, 6.07) is 8.04. The number of halogens is 2. The highest BCUT2D eigenvalue weighted by Gasteiger charge is 2.41. The average Bonchev–Trinajstić information content (AvgIpc) is 3.42. The lowest BCUT2D eigenvalue weighted by Gasteiger charge is -2.20. The van der Waals surface area contributed by atoms with E-state index in [9.17, 15) is 4.79 Å². The zero-order valence-electron chi connectivity index (χ0n) is 19.4. The second-order valence-corrected chi connectivity index (χ2v) is 10.6. The van der Waals surface area contributed by atoms with Gasteiger partial charge in [0.15, 0.2) is 23.3 Å². The molecule has 2 aromatic carbocycles. The molecule has 0 aromatic heterocycles. The molecular weight excluding hydrogens is 570 g/mol. The molecule has 2 heterocycles. The molecule has 2 unspecified atom stereocenters. The monoisotopic (exact) mass is 593 g/mol. The number of nitrogens with one attached hydrogen (secondary N) is 1. The van der Waals surface area contributed by atoms with E-state index in [1.807, 2.05) is 19.1 Å². The third kappa shape index (κ3) is 4.53. The summed E-state index contributed by atoms with van der Waals surface area (Å²) in [5.41, 5.74) is 5.67. The Kier molecular flexibility index (Phi) is 6.91. The second kappa shape index (κ2) is 9.58. The number of fused-ring (bicyclic) bond motifs is 1. The van der Waals surface area contributed by atoms with Crippen molar-refractivity contribution in [3.05, 3.63) is 49.9 Å². The third-order valence-corrected chi connectivity index (χ3v) is 7.29. The fourth-order valence-corrected chi connectivity index (χ4v) is 5.51. The van der Waals surface area contributed by atoms with Gasteiger partial charge in [0.2, 0.25) is 12.5 Å². The van der Waals surface area contributed by atoms with E-state index in [4.69, 9.17) is 19.0 Å². The van der Waals surface area contributed by atoms with Gasteiger partial charge in [-0.05, 0) is 48.4 Å². The van der Waals surface area contributed by atoms with Crippen LogP contribution in [0.1, 0.15) is 50.5 Å². The van der Waals surface area contributed by atoms with Crippen molar-refractivity contribution in [1.82, 2.24) is 5.43 Å². The van der Waals surface area contributed by atoms with Crippen molar-refractivity contribution < 1.29 is 23.8 Å². The van der Waals surface area contributed by atoms with Gasteiger partial charge in [0.05, 0.1) is 28.2 Å². The van der Waals surface area contributed by atoms with Gasteiger partial charge in [0.25, 0.3) is 5.91 Å². The van der Waals surface area contributed by atoms with Crippen LogP contribution in [0.3, 0.4) is 0 Å². The first-order valence-corrected chi connectivity index (χ1v) is 12.2. The summed E-state index contributed by atoms with van der Waals surface area (Å²) in [5, 5.41) is 8.13. The summed E-state index contributed by atoms with van der Waals surface area (Å²) >= 11 is 7.16. The van der Waals surface area contributed by atoms with Gasteiger partial charge in [-0.3, -0.25) is 4.79 Å². The number of methoxy groups -OCH3 is 1. The highest BCUT2D eigenvalue weighted by Crippen LogP contribution is 2.55. The molecule has 180 valence electrons. The summed E-state index contributed by atoms with van der Waals surface area (Å²) in [6.45, 7) is 8.42. The molecule has 34 heavy (non-hydrogen) atoms. The summed E-state index contributed by atoms with van der Waals surface area (Å²) in [5.74, 6) is 0.711. The summed E-state index contributed by atoms with van der Waals surface area (Å²) in [7, 11) is 1.54. The predicted molar refractivity (Wildman–Crippen MR) is 136 cm³/mol. The molecule has 0 saturated carbocycles.